The van der Waals surface area contributed by atoms with Crippen LogP contribution in [0.5, 0.6) is 0 Å². The molecule has 0 unspecified atom stereocenters. The van der Waals surface area contributed by atoms with Crippen molar-refractivity contribution in [3.05, 3.63) is 40.0 Å². The molecule has 4 rings (SSSR count). The number of carbonyl (C=O) groups is 1. The number of amides is 1. The van der Waals surface area contributed by atoms with Crippen molar-refractivity contribution in [2.75, 3.05) is 4.90 Å². The molecule has 1 aliphatic rings. The maximum absolute atomic E-state index is 12.2. The van der Waals surface area contributed by atoms with Gasteiger partial charge in [-0.05, 0) is 43.9 Å². The van der Waals surface area contributed by atoms with Crippen LogP contribution in [0.1, 0.15) is 42.9 Å². The predicted octanol–water partition coefficient (Wildman–Crippen LogP) is 5.55. The van der Waals surface area contributed by atoms with Gasteiger partial charge in [-0.2, -0.15) is 0 Å². The SMILES string of the molecule is CCC(=O)N(c1nnc(SCc2cc3ccc(C)c(C)c3nc2Cl)s1)C1CC1. The Morgan fingerprint density at radius 3 is 2.82 bits per heavy atom. The third kappa shape index (κ3) is 3.88. The van der Waals surface area contributed by atoms with Crippen molar-refractivity contribution in [2.24, 2.45) is 0 Å². The summed E-state index contributed by atoms with van der Waals surface area (Å²) in [6, 6.07) is 6.59. The summed E-state index contributed by atoms with van der Waals surface area (Å²) < 4.78 is 0.834. The monoisotopic (exact) mass is 432 g/mol. The van der Waals surface area contributed by atoms with Gasteiger partial charge in [-0.15, -0.1) is 10.2 Å². The van der Waals surface area contributed by atoms with Gasteiger partial charge in [-0.1, -0.05) is 53.8 Å². The van der Waals surface area contributed by atoms with Gasteiger partial charge in [-0.25, -0.2) is 4.98 Å². The van der Waals surface area contributed by atoms with Crippen molar-refractivity contribution < 1.29 is 4.79 Å². The van der Waals surface area contributed by atoms with E-state index in [1.54, 1.807) is 11.8 Å². The van der Waals surface area contributed by atoms with Crippen LogP contribution in [-0.4, -0.2) is 27.1 Å². The van der Waals surface area contributed by atoms with Crippen LogP contribution in [0.25, 0.3) is 10.9 Å². The lowest BCUT2D eigenvalue weighted by Gasteiger charge is -2.17. The molecule has 3 aromatic rings. The number of fused-ring (bicyclic) bond motifs is 1. The molecule has 1 aromatic carbocycles. The van der Waals surface area contributed by atoms with Crippen LogP contribution in [0.4, 0.5) is 5.13 Å². The summed E-state index contributed by atoms with van der Waals surface area (Å²) in [6.07, 6.45) is 2.58. The first kappa shape index (κ1) is 19.6. The molecule has 0 aliphatic heterocycles. The first-order valence-electron chi connectivity index (χ1n) is 9.31. The van der Waals surface area contributed by atoms with Crippen molar-refractivity contribution in [1.29, 1.82) is 0 Å². The Hall–Kier alpha value is -1.70. The van der Waals surface area contributed by atoms with E-state index < -0.39 is 0 Å². The summed E-state index contributed by atoms with van der Waals surface area (Å²) in [7, 11) is 0. The molecular weight excluding hydrogens is 412 g/mol. The van der Waals surface area contributed by atoms with Crippen LogP contribution < -0.4 is 4.90 Å². The first-order valence-corrected chi connectivity index (χ1v) is 11.5. The average Bonchev–Trinajstić information content (AvgIpc) is 3.41. The number of hydrogen-bond acceptors (Lipinski definition) is 6. The third-order valence-corrected chi connectivity index (χ3v) is 7.41. The number of anilines is 1. The second-order valence-corrected chi connectivity index (χ2v) is 9.54. The fourth-order valence-corrected chi connectivity index (χ4v) is 5.26. The molecule has 146 valence electrons. The number of halogens is 1. The van der Waals surface area contributed by atoms with Gasteiger partial charge < -0.3 is 0 Å². The molecule has 2 heterocycles. The zero-order chi connectivity index (χ0) is 19.8. The third-order valence-electron chi connectivity index (χ3n) is 4.97. The first-order chi connectivity index (χ1) is 13.5. The number of carbonyl (C=O) groups excluding carboxylic acids is 1. The van der Waals surface area contributed by atoms with Crippen LogP contribution in [0.3, 0.4) is 0 Å². The van der Waals surface area contributed by atoms with E-state index in [-0.39, 0.29) is 5.91 Å². The summed E-state index contributed by atoms with van der Waals surface area (Å²) in [4.78, 5) is 18.7. The van der Waals surface area contributed by atoms with E-state index in [4.69, 9.17) is 11.6 Å². The maximum atomic E-state index is 12.2. The highest BCUT2D eigenvalue weighted by Crippen LogP contribution is 2.37. The van der Waals surface area contributed by atoms with E-state index in [9.17, 15) is 4.79 Å². The highest BCUT2D eigenvalue weighted by molar-refractivity contribution is 8.00. The molecule has 8 heteroatoms. The van der Waals surface area contributed by atoms with E-state index in [0.717, 1.165) is 39.2 Å². The second kappa shape index (κ2) is 7.97. The minimum atomic E-state index is 0.114. The van der Waals surface area contributed by atoms with Crippen LogP contribution >= 0.6 is 34.7 Å². The maximum Gasteiger partial charge on any atom is 0.228 e. The molecule has 5 nitrogen and oxygen atoms in total. The lowest BCUT2D eigenvalue weighted by atomic mass is 10.0. The van der Waals surface area contributed by atoms with Gasteiger partial charge >= 0.3 is 0 Å². The molecule has 0 saturated heterocycles. The highest BCUT2D eigenvalue weighted by atomic mass is 35.5. The standard InChI is InChI=1S/C20H21ClN4OS2/c1-4-16(26)25(15-7-8-15)19-23-24-20(28-19)27-10-14-9-13-6-5-11(2)12(3)17(13)22-18(14)21/h5-6,9,15H,4,7-8,10H2,1-3H3. The van der Waals surface area contributed by atoms with Gasteiger partial charge in [-0.3, -0.25) is 9.69 Å². The average molecular weight is 433 g/mol. The number of benzene rings is 1. The van der Waals surface area contributed by atoms with E-state index >= 15 is 0 Å². The zero-order valence-corrected chi connectivity index (χ0v) is 18.4. The molecule has 0 radical (unpaired) electrons. The predicted molar refractivity (Wildman–Crippen MR) is 116 cm³/mol. The molecule has 1 amide bonds. The van der Waals surface area contributed by atoms with Crippen molar-refractivity contribution in [3.63, 3.8) is 0 Å². The van der Waals surface area contributed by atoms with Crippen molar-refractivity contribution >= 4 is 56.6 Å². The number of nitrogens with zero attached hydrogens (tertiary/aromatic N) is 4. The summed E-state index contributed by atoms with van der Waals surface area (Å²) in [5.41, 5.74) is 4.30. The minimum absolute atomic E-state index is 0.114. The largest absolute Gasteiger partial charge is 0.284 e. The van der Waals surface area contributed by atoms with Crippen LogP contribution in [-0.2, 0) is 10.5 Å². The summed E-state index contributed by atoms with van der Waals surface area (Å²) >= 11 is 9.49. The van der Waals surface area contributed by atoms with Gasteiger partial charge in [0.05, 0.1) is 5.52 Å². The van der Waals surface area contributed by atoms with E-state index in [1.807, 2.05) is 11.8 Å². The van der Waals surface area contributed by atoms with Gasteiger partial charge in [0.2, 0.25) is 11.0 Å². The minimum Gasteiger partial charge on any atom is -0.284 e. The lowest BCUT2D eigenvalue weighted by molar-refractivity contribution is -0.118. The molecule has 0 bridgehead atoms. The van der Waals surface area contributed by atoms with E-state index in [0.29, 0.717) is 28.5 Å². The number of rotatable bonds is 6. The number of aromatic nitrogens is 3. The highest BCUT2D eigenvalue weighted by Gasteiger charge is 2.35. The van der Waals surface area contributed by atoms with Gasteiger partial charge in [0.15, 0.2) is 4.34 Å². The second-order valence-electron chi connectivity index (χ2n) is 7.01. The number of aryl methyl sites for hydroxylation is 2. The quantitative estimate of drug-likeness (QED) is 0.290. The molecule has 1 saturated carbocycles. The van der Waals surface area contributed by atoms with Crippen LogP contribution in [0, 0.1) is 13.8 Å². The van der Waals surface area contributed by atoms with Crippen LogP contribution in [0.2, 0.25) is 5.15 Å². The molecule has 0 spiro atoms. The fraction of sp³-hybridized carbons (Fsp3) is 0.400. The molecule has 0 N–H and O–H groups in total. The Morgan fingerprint density at radius 1 is 1.32 bits per heavy atom. The van der Waals surface area contributed by atoms with Crippen molar-refractivity contribution in [3.8, 4) is 0 Å². The van der Waals surface area contributed by atoms with Gasteiger partial charge in [0.1, 0.15) is 5.15 Å². The van der Waals surface area contributed by atoms with Crippen LogP contribution in [0.15, 0.2) is 22.5 Å². The lowest BCUT2D eigenvalue weighted by Crippen LogP contribution is -2.32. The molecule has 1 aliphatic carbocycles. The molecule has 2 aromatic heterocycles. The Labute approximate surface area is 177 Å². The smallest absolute Gasteiger partial charge is 0.228 e. The molecule has 28 heavy (non-hydrogen) atoms. The molecule has 0 atom stereocenters. The van der Waals surface area contributed by atoms with Crippen molar-refractivity contribution in [2.45, 2.75) is 56.2 Å². The normalized spacial score (nSPS) is 13.9. The van der Waals surface area contributed by atoms with Crippen molar-refractivity contribution in [1.82, 2.24) is 15.2 Å². The van der Waals surface area contributed by atoms with E-state index in [1.165, 1.54) is 16.9 Å². The topological polar surface area (TPSA) is 59.0 Å². The Bertz CT molecular complexity index is 1050. The number of thioether (sulfide) groups is 1. The molecular formula is C20H21ClN4OS2. The molecule has 1 fully saturated rings. The summed E-state index contributed by atoms with van der Waals surface area (Å²) in [6.45, 7) is 6.03. The van der Waals surface area contributed by atoms with E-state index in [2.05, 4.69) is 47.2 Å². The summed E-state index contributed by atoms with van der Waals surface area (Å²) in [5, 5.41) is 10.8. The van der Waals surface area contributed by atoms with Gasteiger partial charge in [0, 0.05) is 29.2 Å². The zero-order valence-electron chi connectivity index (χ0n) is 16.0. The Balaban J connectivity index is 1.52. The fourth-order valence-electron chi connectivity index (χ4n) is 3.07. The number of pyridine rings is 1. The Kier molecular flexibility index (Phi) is 5.58. The summed E-state index contributed by atoms with van der Waals surface area (Å²) in [5.74, 6) is 0.775. The van der Waals surface area contributed by atoms with Gasteiger partial charge in [0.25, 0.3) is 0 Å². The number of hydrogen-bond donors (Lipinski definition) is 0. The Morgan fingerprint density at radius 2 is 2.11 bits per heavy atom.